The Kier molecular flexibility index (Phi) is 6.57. The Morgan fingerprint density at radius 2 is 1.66 bits per heavy atom. The molecule has 0 bridgehead atoms. The number of nitrogens with zero attached hydrogens (tertiary/aromatic N) is 1. The maximum absolute atomic E-state index is 13.4. The summed E-state index contributed by atoms with van der Waals surface area (Å²) in [4.78, 5) is 27.7. The number of hydrogen-bond donors (Lipinski definition) is 1. The molecule has 0 aromatic heterocycles. The number of ether oxygens (including phenoxy) is 1. The van der Waals surface area contributed by atoms with Crippen LogP contribution in [0.3, 0.4) is 0 Å². The van der Waals surface area contributed by atoms with Crippen LogP contribution in [0, 0.1) is 5.92 Å². The summed E-state index contributed by atoms with van der Waals surface area (Å²) in [6.07, 6.45) is 1.26. The van der Waals surface area contributed by atoms with E-state index in [0.29, 0.717) is 32.5 Å². The van der Waals surface area contributed by atoms with Crippen molar-refractivity contribution in [3.63, 3.8) is 0 Å². The van der Waals surface area contributed by atoms with Gasteiger partial charge in [-0.15, -0.1) is 0 Å². The van der Waals surface area contributed by atoms with Gasteiger partial charge in [0.05, 0.1) is 12.5 Å². The Morgan fingerprint density at radius 1 is 1.03 bits per heavy atom. The number of methoxy groups -OCH3 is 1. The van der Waals surface area contributed by atoms with E-state index < -0.39 is 5.41 Å². The van der Waals surface area contributed by atoms with E-state index in [1.54, 1.807) is 7.11 Å². The second-order valence-electron chi connectivity index (χ2n) is 7.96. The predicted octanol–water partition coefficient (Wildman–Crippen LogP) is 3.53. The van der Waals surface area contributed by atoms with E-state index in [1.165, 1.54) is 0 Å². The summed E-state index contributed by atoms with van der Waals surface area (Å²) in [5.41, 5.74) is 1.43. The van der Waals surface area contributed by atoms with E-state index in [-0.39, 0.29) is 17.7 Å². The molecule has 29 heavy (non-hydrogen) atoms. The highest BCUT2D eigenvalue weighted by atomic mass is 16.5. The van der Waals surface area contributed by atoms with Crippen molar-refractivity contribution in [2.75, 3.05) is 20.2 Å². The minimum absolute atomic E-state index is 0.0242. The van der Waals surface area contributed by atoms with Crippen molar-refractivity contribution < 1.29 is 14.3 Å². The minimum Gasteiger partial charge on any atom is -0.497 e. The molecule has 1 heterocycles. The molecular weight excluding hydrogens is 364 g/mol. The van der Waals surface area contributed by atoms with Gasteiger partial charge >= 0.3 is 0 Å². The number of amides is 2. The summed E-state index contributed by atoms with van der Waals surface area (Å²) in [5.74, 6) is 0.951. The molecule has 1 saturated heterocycles. The zero-order valence-corrected chi connectivity index (χ0v) is 17.5. The zero-order chi connectivity index (χ0) is 20.9. The summed E-state index contributed by atoms with van der Waals surface area (Å²) >= 11 is 0. The first-order valence-corrected chi connectivity index (χ1v) is 10.2. The fourth-order valence-electron chi connectivity index (χ4n) is 3.97. The molecule has 0 spiro atoms. The van der Waals surface area contributed by atoms with Gasteiger partial charge in [-0.3, -0.25) is 9.59 Å². The van der Waals surface area contributed by atoms with Crippen molar-refractivity contribution in [2.24, 2.45) is 5.92 Å². The standard InChI is InChI=1S/C24H30N2O3/c1-18(2)22(27)26-15-13-24(14-16-26,20-7-5-4-6-8-20)23(28)25-17-19-9-11-21(29-3)12-10-19/h4-12,18H,13-17H2,1-3H3,(H,25,28). The van der Waals surface area contributed by atoms with Crippen LogP contribution in [0.5, 0.6) is 5.75 Å². The Hall–Kier alpha value is -2.82. The molecule has 5 heteroatoms. The van der Waals surface area contributed by atoms with E-state index >= 15 is 0 Å². The number of piperidine rings is 1. The van der Waals surface area contributed by atoms with Gasteiger partial charge in [0.25, 0.3) is 0 Å². The monoisotopic (exact) mass is 394 g/mol. The van der Waals surface area contributed by atoms with Gasteiger partial charge in [0, 0.05) is 25.6 Å². The molecule has 154 valence electrons. The molecule has 1 aliphatic rings. The summed E-state index contributed by atoms with van der Waals surface area (Å²) < 4.78 is 5.19. The van der Waals surface area contributed by atoms with Crippen LogP contribution in [0.2, 0.25) is 0 Å². The molecule has 0 radical (unpaired) electrons. The van der Waals surface area contributed by atoms with Gasteiger partial charge in [0.2, 0.25) is 11.8 Å². The number of carbonyl (C=O) groups is 2. The fourth-order valence-corrected chi connectivity index (χ4v) is 3.97. The Balaban J connectivity index is 1.75. The van der Waals surface area contributed by atoms with E-state index in [1.807, 2.05) is 73.3 Å². The van der Waals surface area contributed by atoms with Crippen LogP contribution in [0.15, 0.2) is 54.6 Å². The first-order valence-electron chi connectivity index (χ1n) is 10.2. The molecule has 3 rings (SSSR count). The highest BCUT2D eigenvalue weighted by Crippen LogP contribution is 2.36. The zero-order valence-electron chi connectivity index (χ0n) is 17.5. The minimum atomic E-state index is -0.610. The summed E-state index contributed by atoms with van der Waals surface area (Å²) in [6.45, 7) is 5.50. The molecular formula is C24H30N2O3. The summed E-state index contributed by atoms with van der Waals surface area (Å²) in [5, 5.41) is 3.13. The average molecular weight is 395 g/mol. The van der Waals surface area contributed by atoms with Crippen molar-refractivity contribution in [1.29, 1.82) is 0 Å². The number of nitrogens with one attached hydrogen (secondary N) is 1. The first-order chi connectivity index (χ1) is 14.0. The third-order valence-corrected chi connectivity index (χ3v) is 5.80. The molecule has 2 aromatic carbocycles. The van der Waals surface area contributed by atoms with Crippen LogP contribution in [0.4, 0.5) is 0 Å². The molecule has 2 aromatic rings. The Bertz CT molecular complexity index is 823. The van der Waals surface area contributed by atoms with Crippen molar-refractivity contribution >= 4 is 11.8 Å². The maximum atomic E-state index is 13.4. The maximum Gasteiger partial charge on any atom is 0.231 e. The van der Waals surface area contributed by atoms with Crippen molar-refractivity contribution in [1.82, 2.24) is 10.2 Å². The van der Waals surface area contributed by atoms with Gasteiger partial charge in [-0.25, -0.2) is 0 Å². The van der Waals surface area contributed by atoms with E-state index in [4.69, 9.17) is 4.74 Å². The quantitative estimate of drug-likeness (QED) is 0.815. The van der Waals surface area contributed by atoms with Crippen molar-refractivity contribution in [3.8, 4) is 5.75 Å². The normalized spacial score (nSPS) is 15.8. The van der Waals surface area contributed by atoms with Gasteiger partial charge in [0.1, 0.15) is 5.75 Å². The highest BCUT2D eigenvalue weighted by molar-refractivity contribution is 5.89. The summed E-state index contributed by atoms with van der Waals surface area (Å²) in [7, 11) is 1.64. The number of hydrogen-bond acceptors (Lipinski definition) is 3. The molecule has 0 atom stereocenters. The second-order valence-corrected chi connectivity index (χ2v) is 7.96. The van der Waals surface area contributed by atoms with Gasteiger partial charge < -0.3 is 15.0 Å². The third-order valence-electron chi connectivity index (χ3n) is 5.80. The Labute approximate surface area is 173 Å². The van der Waals surface area contributed by atoms with Crippen LogP contribution in [0.1, 0.15) is 37.8 Å². The van der Waals surface area contributed by atoms with Crippen LogP contribution in [0.25, 0.3) is 0 Å². The lowest BCUT2D eigenvalue weighted by atomic mass is 9.71. The number of benzene rings is 2. The largest absolute Gasteiger partial charge is 0.497 e. The van der Waals surface area contributed by atoms with E-state index in [2.05, 4.69) is 5.32 Å². The van der Waals surface area contributed by atoms with Crippen molar-refractivity contribution in [2.45, 2.75) is 38.6 Å². The lowest BCUT2D eigenvalue weighted by Crippen LogP contribution is -2.53. The number of likely N-dealkylation sites (tertiary alicyclic amines) is 1. The van der Waals surface area contributed by atoms with Crippen LogP contribution >= 0.6 is 0 Å². The van der Waals surface area contributed by atoms with Gasteiger partial charge in [-0.1, -0.05) is 56.3 Å². The fraction of sp³-hybridized carbons (Fsp3) is 0.417. The molecule has 1 aliphatic heterocycles. The highest BCUT2D eigenvalue weighted by Gasteiger charge is 2.43. The molecule has 1 fully saturated rings. The van der Waals surface area contributed by atoms with Crippen LogP contribution in [-0.4, -0.2) is 36.9 Å². The predicted molar refractivity (Wildman–Crippen MR) is 114 cm³/mol. The molecule has 2 amide bonds. The van der Waals surface area contributed by atoms with E-state index in [9.17, 15) is 9.59 Å². The third kappa shape index (κ3) is 4.61. The average Bonchev–Trinajstić information content (AvgIpc) is 2.77. The van der Waals surface area contributed by atoms with Crippen molar-refractivity contribution in [3.05, 3.63) is 65.7 Å². The van der Waals surface area contributed by atoms with E-state index in [0.717, 1.165) is 16.9 Å². The topological polar surface area (TPSA) is 58.6 Å². The lowest BCUT2D eigenvalue weighted by molar-refractivity contribution is -0.139. The van der Waals surface area contributed by atoms with Crippen LogP contribution < -0.4 is 10.1 Å². The second kappa shape index (κ2) is 9.12. The number of rotatable bonds is 6. The SMILES string of the molecule is COc1ccc(CNC(=O)C2(c3ccccc3)CCN(C(=O)C(C)C)CC2)cc1. The summed E-state index contributed by atoms with van der Waals surface area (Å²) in [6, 6.07) is 17.6. The lowest BCUT2D eigenvalue weighted by Gasteiger charge is -2.41. The molecule has 1 N–H and O–H groups in total. The van der Waals surface area contributed by atoms with Gasteiger partial charge in [0.15, 0.2) is 0 Å². The molecule has 0 saturated carbocycles. The smallest absolute Gasteiger partial charge is 0.231 e. The number of carbonyl (C=O) groups excluding carboxylic acids is 2. The first kappa shape index (κ1) is 20.9. The van der Waals surface area contributed by atoms with Gasteiger partial charge in [-0.2, -0.15) is 0 Å². The molecule has 0 unspecified atom stereocenters. The Morgan fingerprint density at radius 3 is 2.21 bits per heavy atom. The van der Waals surface area contributed by atoms with Gasteiger partial charge in [-0.05, 0) is 36.1 Å². The molecule has 5 nitrogen and oxygen atoms in total. The molecule has 0 aliphatic carbocycles. The van der Waals surface area contributed by atoms with Crippen LogP contribution in [-0.2, 0) is 21.5 Å².